The molecule has 0 saturated carbocycles. The van der Waals surface area contributed by atoms with Gasteiger partial charge >= 0.3 is 12.1 Å². The van der Waals surface area contributed by atoms with Crippen LogP contribution in [0.15, 0.2) is 48.5 Å². The number of hydrogen-bond acceptors (Lipinski definition) is 2. The van der Waals surface area contributed by atoms with Crippen LogP contribution in [0.1, 0.15) is 61.8 Å². The molecule has 2 atom stereocenters. The minimum atomic E-state index is -4.37. The van der Waals surface area contributed by atoms with Crippen molar-refractivity contribution < 1.29 is 23.1 Å². The molecule has 2 aromatic rings. The van der Waals surface area contributed by atoms with Gasteiger partial charge in [-0.25, -0.2) is 0 Å². The van der Waals surface area contributed by atoms with E-state index in [1.165, 1.54) is 17.7 Å². The molecule has 6 heteroatoms. The lowest BCUT2D eigenvalue weighted by Crippen LogP contribution is -2.37. The van der Waals surface area contributed by atoms with Crippen molar-refractivity contribution in [2.45, 2.75) is 51.2 Å². The van der Waals surface area contributed by atoms with E-state index in [4.69, 9.17) is 0 Å². The predicted molar refractivity (Wildman–Crippen MR) is 107 cm³/mol. The lowest BCUT2D eigenvalue weighted by Gasteiger charge is -2.41. The van der Waals surface area contributed by atoms with Crippen molar-refractivity contribution in [3.8, 4) is 0 Å². The SMILES string of the molecule is CC(C)c1ccc(N2CCC(CC(=O)O)C[C@H]2c2ccc(C(F)(F)F)cc2)cc1. The molecule has 0 amide bonds. The number of aliphatic carboxylic acids is 1. The molecule has 1 N–H and O–H groups in total. The summed E-state index contributed by atoms with van der Waals surface area (Å²) in [6.45, 7) is 4.92. The number of benzene rings is 2. The Kier molecular flexibility index (Phi) is 6.20. The summed E-state index contributed by atoms with van der Waals surface area (Å²) in [4.78, 5) is 13.4. The van der Waals surface area contributed by atoms with Gasteiger partial charge in [-0.2, -0.15) is 13.2 Å². The molecule has 3 rings (SSSR count). The maximum Gasteiger partial charge on any atom is 0.416 e. The Morgan fingerprint density at radius 1 is 1.10 bits per heavy atom. The van der Waals surface area contributed by atoms with Crippen LogP contribution in [0.4, 0.5) is 18.9 Å². The highest BCUT2D eigenvalue weighted by Crippen LogP contribution is 2.40. The number of piperidine rings is 1. The maximum absolute atomic E-state index is 12.9. The monoisotopic (exact) mass is 405 g/mol. The highest BCUT2D eigenvalue weighted by Gasteiger charge is 2.33. The van der Waals surface area contributed by atoms with Crippen LogP contribution < -0.4 is 4.90 Å². The molecule has 1 saturated heterocycles. The fourth-order valence-electron chi connectivity index (χ4n) is 4.04. The number of carboxylic acids is 1. The van der Waals surface area contributed by atoms with Gasteiger partial charge in [-0.05, 0) is 60.1 Å². The molecule has 1 aliphatic rings. The second-order valence-electron chi connectivity index (χ2n) is 8.06. The highest BCUT2D eigenvalue weighted by molar-refractivity contribution is 5.67. The van der Waals surface area contributed by atoms with Crippen LogP contribution in [-0.2, 0) is 11.0 Å². The third-order valence-electron chi connectivity index (χ3n) is 5.69. The van der Waals surface area contributed by atoms with E-state index in [1.807, 2.05) is 12.1 Å². The van der Waals surface area contributed by atoms with Crippen LogP contribution in [-0.4, -0.2) is 17.6 Å². The summed E-state index contributed by atoms with van der Waals surface area (Å²) in [7, 11) is 0. The van der Waals surface area contributed by atoms with Gasteiger partial charge in [-0.1, -0.05) is 38.1 Å². The average molecular weight is 405 g/mol. The minimum absolute atomic E-state index is 0.00554. The molecule has 2 aromatic carbocycles. The molecule has 29 heavy (non-hydrogen) atoms. The van der Waals surface area contributed by atoms with Gasteiger partial charge in [0.2, 0.25) is 0 Å². The van der Waals surface area contributed by atoms with Gasteiger partial charge in [-0.15, -0.1) is 0 Å². The molecule has 0 spiro atoms. The van der Waals surface area contributed by atoms with E-state index >= 15 is 0 Å². The Morgan fingerprint density at radius 2 is 1.72 bits per heavy atom. The topological polar surface area (TPSA) is 40.5 Å². The summed E-state index contributed by atoms with van der Waals surface area (Å²) < 4.78 is 38.8. The number of halogens is 3. The van der Waals surface area contributed by atoms with Crippen molar-refractivity contribution in [1.82, 2.24) is 0 Å². The first-order valence-corrected chi connectivity index (χ1v) is 9.90. The molecular formula is C23H26F3NO2. The summed E-state index contributed by atoms with van der Waals surface area (Å²) in [6, 6.07) is 13.3. The molecule has 3 nitrogen and oxygen atoms in total. The van der Waals surface area contributed by atoms with Gasteiger partial charge < -0.3 is 10.0 Å². The van der Waals surface area contributed by atoms with Crippen LogP contribution in [0.2, 0.25) is 0 Å². The molecule has 156 valence electrons. The van der Waals surface area contributed by atoms with E-state index in [-0.39, 0.29) is 18.4 Å². The first kappa shape index (κ1) is 21.2. The van der Waals surface area contributed by atoms with Crippen molar-refractivity contribution in [1.29, 1.82) is 0 Å². The Hall–Kier alpha value is -2.50. The quantitative estimate of drug-likeness (QED) is 0.638. The molecular weight excluding hydrogens is 379 g/mol. The van der Waals surface area contributed by atoms with Crippen molar-refractivity contribution in [3.63, 3.8) is 0 Å². The van der Waals surface area contributed by atoms with E-state index in [1.54, 1.807) is 0 Å². The number of alkyl halides is 3. The van der Waals surface area contributed by atoms with Crippen molar-refractivity contribution in [2.24, 2.45) is 5.92 Å². The zero-order valence-corrected chi connectivity index (χ0v) is 16.6. The first-order chi connectivity index (χ1) is 13.6. The Labute approximate surface area is 169 Å². The number of rotatable bonds is 5. The van der Waals surface area contributed by atoms with E-state index in [0.717, 1.165) is 29.8 Å². The second kappa shape index (κ2) is 8.47. The standard InChI is InChI=1S/C23H26F3NO2/c1-15(2)17-5-9-20(10-6-17)27-12-11-16(14-22(28)29)13-21(27)18-3-7-19(8-4-18)23(24,25)26/h3-10,15-16,21H,11-14H2,1-2H3,(H,28,29)/t16?,21-/m0/s1. The Morgan fingerprint density at radius 3 is 2.24 bits per heavy atom. The van der Waals surface area contributed by atoms with Crippen molar-refractivity contribution in [2.75, 3.05) is 11.4 Å². The summed E-state index contributed by atoms with van der Waals surface area (Å²) in [5.41, 5.74) is 2.33. The molecule has 0 aliphatic carbocycles. The van der Waals surface area contributed by atoms with Crippen LogP contribution in [0.5, 0.6) is 0 Å². The molecule has 0 bridgehead atoms. The summed E-state index contributed by atoms with van der Waals surface area (Å²) in [6.07, 6.45) is -2.94. The number of carboxylic acid groups (broad SMARTS) is 1. The normalized spacial score (nSPS) is 20.1. The number of hydrogen-bond donors (Lipinski definition) is 1. The molecule has 0 aromatic heterocycles. The van der Waals surface area contributed by atoms with Crippen LogP contribution in [0, 0.1) is 5.92 Å². The summed E-state index contributed by atoms with van der Waals surface area (Å²) in [5.74, 6) is -0.419. The van der Waals surface area contributed by atoms with Gasteiger partial charge in [-0.3, -0.25) is 4.79 Å². The van der Waals surface area contributed by atoms with Gasteiger partial charge in [0.05, 0.1) is 11.6 Å². The lowest BCUT2D eigenvalue weighted by molar-refractivity contribution is -0.139. The number of nitrogens with zero attached hydrogens (tertiary/aromatic N) is 1. The number of carbonyl (C=O) groups is 1. The van der Waals surface area contributed by atoms with Gasteiger partial charge in [0.25, 0.3) is 0 Å². The number of anilines is 1. The Bertz CT molecular complexity index is 829. The zero-order valence-electron chi connectivity index (χ0n) is 16.6. The third-order valence-corrected chi connectivity index (χ3v) is 5.69. The maximum atomic E-state index is 12.9. The smallest absolute Gasteiger partial charge is 0.416 e. The fourth-order valence-corrected chi connectivity index (χ4v) is 4.04. The largest absolute Gasteiger partial charge is 0.481 e. The fraction of sp³-hybridized carbons (Fsp3) is 0.435. The Balaban J connectivity index is 1.90. The van der Waals surface area contributed by atoms with E-state index in [2.05, 4.69) is 30.9 Å². The molecule has 1 aliphatic heterocycles. The molecule has 1 unspecified atom stereocenters. The van der Waals surface area contributed by atoms with Crippen LogP contribution >= 0.6 is 0 Å². The predicted octanol–water partition coefficient (Wildman–Crippen LogP) is 6.26. The summed E-state index contributed by atoms with van der Waals surface area (Å²) >= 11 is 0. The van der Waals surface area contributed by atoms with Crippen molar-refractivity contribution in [3.05, 3.63) is 65.2 Å². The van der Waals surface area contributed by atoms with Crippen LogP contribution in [0.3, 0.4) is 0 Å². The third kappa shape index (κ3) is 5.11. The van der Waals surface area contributed by atoms with Crippen molar-refractivity contribution >= 4 is 11.7 Å². The second-order valence-corrected chi connectivity index (χ2v) is 8.06. The molecule has 1 fully saturated rings. The highest BCUT2D eigenvalue weighted by atomic mass is 19.4. The van der Waals surface area contributed by atoms with Gasteiger partial charge in [0, 0.05) is 18.7 Å². The van der Waals surface area contributed by atoms with Gasteiger partial charge in [0.1, 0.15) is 0 Å². The van der Waals surface area contributed by atoms with E-state index in [0.29, 0.717) is 18.9 Å². The van der Waals surface area contributed by atoms with E-state index in [9.17, 15) is 23.1 Å². The molecule has 0 radical (unpaired) electrons. The molecule has 1 heterocycles. The summed E-state index contributed by atoms with van der Waals surface area (Å²) in [5, 5.41) is 9.18. The first-order valence-electron chi connectivity index (χ1n) is 9.90. The van der Waals surface area contributed by atoms with Gasteiger partial charge in [0.15, 0.2) is 0 Å². The van der Waals surface area contributed by atoms with Crippen LogP contribution in [0.25, 0.3) is 0 Å². The minimum Gasteiger partial charge on any atom is -0.481 e. The zero-order chi connectivity index (χ0) is 21.2. The average Bonchev–Trinajstić information content (AvgIpc) is 2.67. The van der Waals surface area contributed by atoms with E-state index < -0.39 is 17.7 Å². The lowest BCUT2D eigenvalue weighted by atomic mass is 9.84.